The lowest BCUT2D eigenvalue weighted by molar-refractivity contribution is -0.120. The number of rotatable bonds is 6. The molecule has 31 heavy (non-hydrogen) atoms. The van der Waals surface area contributed by atoms with E-state index in [0.29, 0.717) is 16.9 Å². The van der Waals surface area contributed by atoms with Crippen LogP contribution in [0, 0.1) is 5.92 Å². The number of hydrogen-bond donors (Lipinski definition) is 3. The van der Waals surface area contributed by atoms with Gasteiger partial charge in [-0.25, -0.2) is 0 Å². The summed E-state index contributed by atoms with van der Waals surface area (Å²) in [4.78, 5) is 25.5. The fraction of sp³-hybridized carbons (Fsp3) is 0.231. The molecule has 0 bridgehead atoms. The molecule has 158 valence electrons. The average Bonchev–Trinajstić information content (AvgIpc) is 2.81. The van der Waals surface area contributed by atoms with Crippen LogP contribution in [0.25, 0.3) is 0 Å². The quantitative estimate of drug-likeness (QED) is 0.450. The number of amides is 2. The highest BCUT2D eigenvalue weighted by Gasteiger charge is 2.21. The molecule has 1 fully saturated rings. The van der Waals surface area contributed by atoms with Gasteiger partial charge in [0, 0.05) is 23.0 Å². The molecule has 0 spiro atoms. The number of para-hydroxylation sites is 2. The minimum absolute atomic E-state index is 0.0700. The maximum Gasteiger partial charge on any atom is 0.257 e. The zero-order valence-corrected chi connectivity index (χ0v) is 17.4. The monoisotopic (exact) mass is 413 g/mol. The number of anilines is 4. The summed E-state index contributed by atoms with van der Waals surface area (Å²) in [5.74, 6) is -0.0571. The molecule has 2 amide bonds. The van der Waals surface area contributed by atoms with Gasteiger partial charge in [0.1, 0.15) is 0 Å². The lowest BCUT2D eigenvalue weighted by Gasteiger charge is -2.21. The number of hydrogen-bond acceptors (Lipinski definition) is 3. The van der Waals surface area contributed by atoms with Crippen molar-refractivity contribution in [1.29, 1.82) is 0 Å². The second-order valence-electron chi connectivity index (χ2n) is 7.90. The van der Waals surface area contributed by atoms with Crippen LogP contribution in [0.2, 0.25) is 0 Å². The Morgan fingerprint density at radius 1 is 0.677 bits per heavy atom. The fourth-order valence-corrected chi connectivity index (χ4v) is 3.95. The molecule has 0 atom stereocenters. The number of carbonyl (C=O) groups excluding carboxylic acids is 2. The first-order valence-electron chi connectivity index (χ1n) is 10.8. The second kappa shape index (κ2) is 9.94. The van der Waals surface area contributed by atoms with Gasteiger partial charge in [0.2, 0.25) is 5.91 Å². The molecule has 3 aromatic rings. The Hall–Kier alpha value is -3.60. The van der Waals surface area contributed by atoms with E-state index < -0.39 is 0 Å². The SMILES string of the molecule is O=C(Nc1cccc(NC(=O)C2CCCCC2)c1)c1ccccc1Nc1ccccc1. The molecule has 1 aliphatic carbocycles. The van der Waals surface area contributed by atoms with E-state index in [1.807, 2.05) is 66.7 Å². The summed E-state index contributed by atoms with van der Waals surface area (Å²) >= 11 is 0. The predicted molar refractivity (Wildman–Crippen MR) is 126 cm³/mol. The highest BCUT2D eigenvalue weighted by Crippen LogP contribution is 2.26. The molecule has 3 N–H and O–H groups in total. The molecule has 0 saturated heterocycles. The first kappa shape index (κ1) is 20.7. The summed E-state index contributed by atoms with van der Waals surface area (Å²) in [6.07, 6.45) is 5.35. The molecule has 1 saturated carbocycles. The topological polar surface area (TPSA) is 70.2 Å². The molecular formula is C26H27N3O2. The van der Waals surface area contributed by atoms with Gasteiger partial charge in [-0.2, -0.15) is 0 Å². The van der Waals surface area contributed by atoms with Gasteiger partial charge in [-0.05, 0) is 55.3 Å². The van der Waals surface area contributed by atoms with E-state index in [9.17, 15) is 9.59 Å². The third kappa shape index (κ3) is 5.51. The Labute approximate surface area is 182 Å². The molecular weight excluding hydrogens is 386 g/mol. The van der Waals surface area contributed by atoms with Crippen LogP contribution in [-0.2, 0) is 4.79 Å². The highest BCUT2D eigenvalue weighted by molar-refractivity contribution is 6.08. The molecule has 0 heterocycles. The van der Waals surface area contributed by atoms with Crippen LogP contribution in [0.4, 0.5) is 22.7 Å². The third-order valence-corrected chi connectivity index (χ3v) is 5.59. The van der Waals surface area contributed by atoms with Gasteiger partial charge in [-0.15, -0.1) is 0 Å². The van der Waals surface area contributed by atoms with Crippen molar-refractivity contribution in [2.45, 2.75) is 32.1 Å². The van der Waals surface area contributed by atoms with Crippen LogP contribution in [0.3, 0.4) is 0 Å². The largest absolute Gasteiger partial charge is 0.355 e. The van der Waals surface area contributed by atoms with Crippen LogP contribution >= 0.6 is 0 Å². The van der Waals surface area contributed by atoms with E-state index in [1.54, 1.807) is 12.1 Å². The zero-order chi connectivity index (χ0) is 21.5. The van der Waals surface area contributed by atoms with E-state index in [1.165, 1.54) is 6.42 Å². The van der Waals surface area contributed by atoms with Crippen LogP contribution in [0.1, 0.15) is 42.5 Å². The van der Waals surface area contributed by atoms with Gasteiger partial charge >= 0.3 is 0 Å². The molecule has 0 aliphatic heterocycles. The van der Waals surface area contributed by atoms with E-state index >= 15 is 0 Å². The van der Waals surface area contributed by atoms with Crippen LogP contribution in [0.5, 0.6) is 0 Å². The third-order valence-electron chi connectivity index (χ3n) is 5.59. The fourth-order valence-electron chi connectivity index (χ4n) is 3.95. The van der Waals surface area contributed by atoms with E-state index in [-0.39, 0.29) is 17.7 Å². The van der Waals surface area contributed by atoms with Crippen molar-refractivity contribution in [2.24, 2.45) is 5.92 Å². The van der Waals surface area contributed by atoms with Gasteiger partial charge in [0.15, 0.2) is 0 Å². The van der Waals surface area contributed by atoms with Gasteiger partial charge in [0.05, 0.1) is 11.3 Å². The average molecular weight is 414 g/mol. The Morgan fingerprint density at radius 2 is 1.32 bits per heavy atom. The van der Waals surface area contributed by atoms with Gasteiger partial charge in [-0.1, -0.05) is 55.7 Å². The summed E-state index contributed by atoms with van der Waals surface area (Å²) < 4.78 is 0. The van der Waals surface area contributed by atoms with E-state index in [4.69, 9.17) is 0 Å². The highest BCUT2D eigenvalue weighted by atomic mass is 16.2. The van der Waals surface area contributed by atoms with Crippen molar-refractivity contribution in [2.75, 3.05) is 16.0 Å². The van der Waals surface area contributed by atoms with Gasteiger partial charge in [0.25, 0.3) is 5.91 Å². The molecule has 1 aliphatic rings. The number of carbonyl (C=O) groups is 2. The maximum atomic E-state index is 13.0. The van der Waals surface area contributed by atoms with Crippen molar-refractivity contribution >= 4 is 34.6 Å². The first-order valence-corrected chi connectivity index (χ1v) is 10.8. The zero-order valence-electron chi connectivity index (χ0n) is 17.4. The molecule has 3 aromatic carbocycles. The summed E-state index contributed by atoms with van der Waals surface area (Å²) in [6, 6.07) is 24.4. The summed E-state index contributed by atoms with van der Waals surface area (Å²) in [5.41, 5.74) is 3.52. The van der Waals surface area contributed by atoms with Crippen molar-refractivity contribution in [3.8, 4) is 0 Å². The van der Waals surface area contributed by atoms with E-state index in [0.717, 1.165) is 37.1 Å². The van der Waals surface area contributed by atoms with Crippen LogP contribution in [-0.4, -0.2) is 11.8 Å². The van der Waals surface area contributed by atoms with Gasteiger partial charge in [-0.3, -0.25) is 9.59 Å². The van der Waals surface area contributed by atoms with Crippen molar-refractivity contribution in [3.63, 3.8) is 0 Å². The molecule has 0 radical (unpaired) electrons. The summed E-state index contributed by atoms with van der Waals surface area (Å²) in [5, 5.41) is 9.25. The summed E-state index contributed by atoms with van der Waals surface area (Å²) in [7, 11) is 0. The Bertz CT molecular complexity index is 1040. The Morgan fingerprint density at radius 3 is 2.10 bits per heavy atom. The van der Waals surface area contributed by atoms with Gasteiger partial charge < -0.3 is 16.0 Å². The summed E-state index contributed by atoms with van der Waals surface area (Å²) in [6.45, 7) is 0. The second-order valence-corrected chi connectivity index (χ2v) is 7.90. The maximum absolute atomic E-state index is 13.0. The molecule has 0 unspecified atom stereocenters. The molecule has 5 nitrogen and oxygen atoms in total. The first-order chi connectivity index (χ1) is 15.2. The Kier molecular flexibility index (Phi) is 6.62. The minimum Gasteiger partial charge on any atom is -0.355 e. The molecule has 5 heteroatoms. The standard InChI is InChI=1S/C26H27N3O2/c30-25(19-10-3-1-4-11-19)28-21-14-9-15-22(18-21)29-26(31)23-16-7-8-17-24(23)27-20-12-5-2-6-13-20/h2,5-9,12-19,27H,1,3-4,10-11H2,(H,28,30)(H,29,31). The van der Waals surface area contributed by atoms with Crippen molar-refractivity contribution in [1.82, 2.24) is 0 Å². The van der Waals surface area contributed by atoms with Crippen LogP contribution < -0.4 is 16.0 Å². The number of benzene rings is 3. The van der Waals surface area contributed by atoms with Crippen molar-refractivity contribution < 1.29 is 9.59 Å². The minimum atomic E-state index is -0.213. The Balaban J connectivity index is 1.44. The smallest absolute Gasteiger partial charge is 0.257 e. The molecule has 0 aromatic heterocycles. The normalized spacial score (nSPS) is 13.9. The van der Waals surface area contributed by atoms with E-state index in [2.05, 4.69) is 16.0 Å². The lowest BCUT2D eigenvalue weighted by atomic mass is 9.88. The predicted octanol–water partition coefficient (Wildman–Crippen LogP) is 6.20. The number of nitrogens with one attached hydrogen (secondary N) is 3. The van der Waals surface area contributed by atoms with Crippen LogP contribution in [0.15, 0.2) is 78.9 Å². The lowest BCUT2D eigenvalue weighted by Crippen LogP contribution is -2.24. The molecule has 4 rings (SSSR count). The van der Waals surface area contributed by atoms with Crippen molar-refractivity contribution in [3.05, 3.63) is 84.4 Å².